The number of amides is 2. The van der Waals surface area contributed by atoms with Crippen LogP contribution in [0.2, 0.25) is 0 Å². The summed E-state index contributed by atoms with van der Waals surface area (Å²) < 4.78 is 37.7. The third kappa shape index (κ3) is 5.39. The molecule has 0 saturated carbocycles. The van der Waals surface area contributed by atoms with Crippen molar-refractivity contribution in [1.29, 1.82) is 0 Å². The maximum atomic E-state index is 12.6. The van der Waals surface area contributed by atoms with Crippen LogP contribution in [0, 0.1) is 0 Å². The van der Waals surface area contributed by atoms with Gasteiger partial charge in [0, 0.05) is 11.4 Å². The second-order valence-corrected chi connectivity index (χ2v) is 7.75. The van der Waals surface area contributed by atoms with E-state index in [1.165, 1.54) is 37.6 Å². The predicted molar refractivity (Wildman–Crippen MR) is 110 cm³/mol. The highest BCUT2D eigenvalue weighted by Gasteiger charge is 2.16. The Labute approximate surface area is 173 Å². The second-order valence-electron chi connectivity index (χ2n) is 6.07. The number of methoxy groups -OCH3 is 1. The smallest absolute Gasteiger partial charge is 0.287 e. The highest BCUT2D eigenvalue weighted by Crippen LogP contribution is 2.21. The summed E-state index contributed by atoms with van der Waals surface area (Å²) in [7, 11) is -2.36. The van der Waals surface area contributed by atoms with E-state index in [2.05, 4.69) is 15.4 Å². The van der Waals surface area contributed by atoms with Gasteiger partial charge in [0.1, 0.15) is 5.75 Å². The van der Waals surface area contributed by atoms with Crippen molar-refractivity contribution in [2.24, 2.45) is 0 Å². The summed E-state index contributed by atoms with van der Waals surface area (Å²) in [6, 6.07) is 15.2. The Hall–Kier alpha value is -3.79. The Bertz CT molecular complexity index is 1130. The first-order valence-electron chi connectivity index (χ1n) is 8.76. The van der Waals surface area contributed by atoms with Crippen LogP contribution in [0.25, 0.3) is 0 Å². The Kier molecular flexibility index (Phi) is 6.38. The molecule has 3 aromatic rings. The Morgan fingerprint density at radius 3 is 2.43 bits per heavy atom. The number of carbonyl (C=O) groups excluding carboxylic acids is 2. The van der Waals surface area contributed by atoms with E-state index in [0.717, 1.165) is 0 Å². The van der Waals surface area contributed by atoms with Gasteiger partial charge in [0.15, 0.2) is 5.76 Å². The molecule has 0 atom stereocenters. The van der Waals surface area contributed by atoms with Crippen molar-refractivity contribution in [3.8, 4) is 5.75 Å². The van der Waals surface area contributed by atoms with Gasteiger partial charge in [-0.1, -0.05) is 6.07 Å². The summed E-state index contributed by atoms with van der Waals surface area (Å²) in [4.78, 5) is 23.8. The molecule has 156 valence electrons. The maximum absolute atomic E-state index is 12.6. The van der Waals surface area contributed by atoms with Crippen molar-refractivity contribution in [2.75, 3.05) is 23.7 Å². The molecule has 2 aromatic carbocycles. The summed E-state index contributed by atoms with van der Waals surface area (Å²) >= 11 is 0. The third-order valence-corrected chi connectivity index (χ3v) is 5.30. The molecule has 1 heterocycles. The zero-order chi connectivity index (χ0) is 21.6. The number of sulfonamides is 1. The lowest BCUT2D eigenvalue weighted by Crippen LogP contribution is -2.32. The maximum Gasteiger partial charge on any atom is 0.287 e. The molecule has 0 radical (unpaired) electrons. The summed E-state index contributed by atoms with van der Waals surface area (Å²) in [5.41, 5.74) is 0.635. The average molecular weight is 429 g/mol. The Morgan fingerprint density at radius 2 is 1.77 bits per heavy atom. The molecule has 1 aromatic heterocycles. The van der Waals surface area contributed by atoms with Gasteiger partial charge in [0.05, 0.1) is 24.8 Å². The SMILES string of the molecule is COc1ccc(NS(=O)(=O)c2cccc(NC(=O)CNC(=O)c3ccco3)c2)cc1. The van der Waals surface area contributed by atoms with Crippen LogP contribution in [0.1, 0.15) is 10.6 Å². The number of benzene rings is 2. The Morgan fingerprint density at radius 1 is 1.00 bits per heavy atom. The van der Waals surface area contributed by atoms with E-state index in [0.29, 0.717) is 11.4 Å². The molecular formula is C20H19N3O6S. The van der Waals surface area contributed by atoms with E-state index >= 15 is 0 Å². The number of hydrogen-bond acceptors (Lipinski definition) is 6. The lowest BCUT2D eigenvalue weighted by molar-refractivity contribution is -0.115. The van der Waals surface area contributed by atoms with Crippen LogP contribution in [0.3, 0.4) is 0 Å². The van der Waals surface area contributed by atoms with Gasteiger partial charge in [0.2, 0.25) is 5.91 Å². The van der Waals surface area contributed by atoms with E-state index in [9.17, 15) is 18.0 Å². The monoisotopic (exact) mass is 429 g/mol. The number of anilines is 2. The highest BCUT2D eigenvalue weighted by molar-refractivity contribution is 7.92. The van der Waals surface area contributed by atoms with Gasteiger partial charge in [-0.2, -0.15) is 0 Å². The number of hydrogen-bond donors (Lipinski definition) is 3. The molecule has 0 unspecified atom stereocenters. The first-order chi connectivity index (χ1) is 14.4. The number of ether oxygens (including phenoxy) is 1. The minimum absolute atomic E-state index is 0.0317. The van der Waals surface area contributed by atoms with Crippen molar-refractivity contribution in [2.45, 2.75) is 4.90 Å². The van der Waals surface area contributed by atoms with Gasteiger partial charge in [-0.3, -0.25) is 14.3 Å². The second kappa shape index (κ2) is 9.14. The minimum Gasteiger partial charge on any atom is -0.497 e. The first kappa shape index (κ1) is 20.9. The minimum atomic E-state index is -3.87. The standard InChI is InChI=1S/C20H19N3O6S/c1-28-16-9-7-14(8-10-16)23-30(26,27)17-5-2-4-15(12-17)22-19(24)13-21-20(25)18-6-3-11-29-18/h2-12,23H,13H2,1H3,(H,21,25)(H,22,24). The van der Waals surface area contributed by atoms with E-state index in [-0.39, 0.29) is 22.9 Å². The summed E-state index contributed by atoms with van der Waals surface area (Å²) in [5, 5.41) is 4.95. The van der Waals surface area contributed by atoms with Crippen LogP contribution in [0.15, 0.2) is 76.2 Å². The van der Waals surface area contributed by atoms with Crippen LogP contribution in [0.5, 0.6) is 5.75 Å². The van der Waals surface area contributed by atoms with Gasteiger partial charge in [0.25, 0.3) is 15.9 Å². The van der Waals surface area contributed by atoms with E-state index in [1.807, 2.05) is 0 Å². The van der Waals surface area contributed by atoms with Crippen molar-refractivity contribution < 1.29 is 27.2 Å². The number of rotatable bonds is 8. The van der Waals surface area contributed by atoms with E-state index in [4.69, 9.17) is 9.15 Å². The molecule has 9 nitrogen and oxygen atoms in total. The van der Waals surface area contributed by atoms with E-state index in [1.54, 1.807) is 36.4 Å². The molecule has 2 amide bonds. The summed E-state index contributed by atoms with van der Waals surface area (Å²) in [6.07, 6.45) is 1.35. The van der Waals surface area contributed by atoms with Gasteiger partial charge < -0.3 is 19.8 Å². The molecular weight excluding hydrogens is 410 g/mol. The van der Waals surface area contributed by atoms with E-state index < -0.39 is 21.8 Å². The fourth-order valence-electron chi connectivity index (χ4n) is 2.47. The number of furan rings is 1. The average Bonchev–Trinajstić information content (AvgIpc) is 3.27. The lowest BCUT2D eigenvalue weighted by Gasteiger charge is -2.11. The predicted octanol–water partition coefficient (Wildman–Crippen LogP) is 2.46. The van der Waals surface area contributed by atoms with Gasteiger partial charge in [-0.15, -0.1) is 0 Å². The molecule has 0 fully saturated rings. The van der Waals surface area contributed by atoms with Gasteiger partial charge >= 0.3 is 0 Å². The van der Waals surface area contributed by atoms with Crippen LogP contribution in [0.4, 0.5) is 11.4 Å². The third-order valence-electron chi connectivity index (χ3n) is 3.92. The molecule has 3 rings (SSSR count). The molecule has 3 N–H and O–H groups in total. The molecule has 0 spiro atoms. The molecule has 30 heavy (non-hydrogen) atoms. The van der Waals surface area contributed by atoms with Gasteiger partial charge in [-0.25, -0.2) is 8.42 Å². The Balaban J connectivity index is 1.62. The molecule has 0 aliphatic heterocycles. The normalized spacial score (nSPS) is 10.8. The molecule has 0 aliphatic carbocycles. The van der Waals surface area contributed by atoms with Crippen LogP contribution in [-0.4, -0.2) is 33.9 Å². The zero-order valence-corrected chi connectivity index (χ0v) is 16.7. The van der Waals surface area contributed by atoms with Crippen molar-refractivity contribution in [1.82, 2.24) is 5.32 Å². The summed E-state index contributed by atoms with van der Waals surface area (Å²) in [5.74, 6) is -0.370. The molecule has 10 heteroatoms. The fourth-order valence-corrected chi connectivity index (χ4v) is 3.58. The lowest BCUT2D eigenvalue weighted by atomic mass is 10.3. The molecule has 0 saturated heterocycles. The van der Waals surface area contributed by atoms with Crippen LogP contribution >= 0.6 is 0 Å². The van der Waals surface area contributed by atoms with Gasteiger partial charge in [-0.05, 0) is 54.6 Å². The number of nitrogens with one attached hydrogen (secondary N) is 3. The van der Waals surface area contributed by atoms with Crippen molar-refractivity contribution in [3.63, 3.8) is 0 Å². The topological polar surface area (TPSA) is 127 Å². The molecule has 0 bridgehead atoms. The number of carbonyl (C=O) groups is 2. The zero-order valence-electron chi connectivity index (χ0n) is 15.9. The van der Waals surface area contributed by atoms with Crippen LogP contribution in [-0.2, 0) is 14.8 Å². The first-order valence-corrected chi connectivity index (χ1v) is 10.2. The van der Waals surface area contributed by atoms with Crippen LogP contribution < -0.4 is 20.1 Å². The molecule has 0 aliphatic rings. The highest BCUT2D eigenvalue weighted by atomic mass is 32.2. The summed E-state index contributed by atoms with van der Waals surface area (Å²) in [6.45, 7) is -0.305. The van der Waals surface area contributed by atoms with Crippen molar-refractivity contribution in [3.05, 3.63) is 72.7 Å². The quantitative estimate of drug-likeness (QED) is 0.505. The van der Waals surface area contributed by atoms with Crippen molar-refractivity contribution >= 4 is 33.2 Å². The fraction of sp³-hybridized carbons (Fsp3) is 0.100. The largest absolute Gasteiger partial charge is 0.497 e.